The lowest BCUT2D eigenvalue weighted by Crippen LogP contribution is -1.71. The van der Waals surface area contributed by atoms with Gasteiger partial charge in [0.05, 0.1) is 0 Å². The predicted molar refractivity (Wildman–Crippen MR) is 58.2 cm³/mol. The van der Waals surface area contributed by atoms with Crippen LogP contribution >= 0.6 is 27.5 Å². The monoisotopic (exact) mass is 236 g/mol. The van der Waals surface area contributed by atoms with Crippen LogP contribution in [0.2, 0.25) is 0 Å². The molecule has 0 atom stereocenters. The minimum atomic E-state index is 0.521. The maximum atomic E-state index is 5.48. The normalized spacial score (nSPS) is 9.73. The number of hydrogen-bond acceptors (Lipinski definition) is 0. The molecule has 0 aromatic heterocycles. The van der Waals surface area contributed by atoms with E-state index in [2.05, 4.69) is 29.1 Å². The van der Waals surface area contributed by atoms with Crippen molar-refractivity contribution in [2.75, 3.05) is 0 Å². The standard InChI is InChI=1S/C7H8BrCl.C2H6/c1-5(7(3)8)4-6(2)9;1-2/h4H,2-3H2,1H3;1-2H3/b5-4-;. The minimum absolute atomic E-state index is 0.521. The van der Waals surface area contributed by atoms with Crippen LogP contribution in [0, 0.1) is 0 Å². The summed E-state index contributed by atoms with van der Waals surface area (Å²) in [6, 6.07) is 0. The van der Waals surface area contributed by atoms with Crippen molar-refractivity contribution in [2.45, 2.75) is 20.8 Å². The van der Waals surface area contributed by atoms with Gasteiger partial charge in [-0.1, -0.05) is 54.5 Å². The van der Waals surface area contributed by atoms with Crippen molar-refractivity contribution < 1.29 is 0 Å². The summed E-state index contributed by atoms with van der Waals surface area (Å²) in [6.07, 6.45) is 1.75. The van der Waals surface area contributed by atoms with Gasteiger partial charge in [-0.15, -0.1) is 0 Å². The van der Waals surface area contributed by atoms with Gasteiger partial charge in [0, 0.05) is 9.51 Å². The van der Waals surface area contributed by atoms with Crippen LogP contribution in [0.15, 0.2) is 34.3 Å². The predicted octanol–water partition coefficient (Wildman–Crippen LogP) is 4.62. The van der Waals surface area contributed by atoms with Crippen molar-refractivity contribution in [3.8, 4) is 0 Å². The quantitative estimate of drug-likeness (QED) is 0.615. The molecule has 0 fully saturated rings. The van der Waals surface area contributed by atoms with Gasteiger partial charge in [-0.05, 0) is 18.6 Å². The summed E-state index contributed by atoms with van der Waals surface area (Å²) in [4.78, 5) is 0. The van der Waals surface area contributed by atoms with Crippen LogP contribution in [0.1, 0.15) is 20.8 Å². The molecule has 0 nitrogen and oxygen atoms in total. The second-order valence-electron chi connectivity index (χ2n) is 1.68. The highest BCUT2D eigenvalue weighted by Crippen LogP contribution is 2.16. The van der Waals surface area contributed by atoms with Gasteiger partial charge in [0.2, 0.25) is 0 Å². The first-order chi connectivity index (χ1) is 5.04. The van der Waals surface area contributed by atoms with Crippen LogP contribution in [-0.4, -0.2) is 0 Å². The third-order valence-corrected chi connectivity index (χ3v) is 1.54. The molecular formula is C9H14BrCl. The lowest BCUT2D eigenvalue weighted by Gasteiger charge is -1.93. The molecule has 2 heteroatoms. The molecular weight excluding hydrogens is 223 g/mol. The molecule has 0 spiro atoms. The van der Waals surface area contributed by atoms with E-state index in [0.717, 1.165) is 10.1 Å². The van der Waals surface area contributed by atoms with E-state index in [4.69, 9.17) is 11.6 Å². The molecule has 0 bridgehead atoms. The summed E-state index contributed by atoms with van der Waals surface area (Å²) in [7, 11) is 0. The smallest absolute Gasteiger partial charge is 0.0337 e. The van der Waals surface area contributed by atoms with Gasteiger partial charge in [0.25, 0.3) is 0 Å². The van der Waals surface area contributed by atoms with Crippen molar-refractivity contribution in [3.05, 3.63) is 34.3 Å². The van der Waals surface area contributed by atoms with Gasteiger partial charge in [-0.2, -0.15) is 0 Å². The second kappa shape index (κ2) is 8.09. The molecule has 0 rings (SSSR count). The van der Waals surface area contributed by atoms with Crippen LogP contribution in [-0.2, 0) is 0 Å². The Morgan fingerprint density at radius 2 is 1.73 bits per heavy atom. The molecule has 0 amide bonds. The largest absolute Gasteiger partial charge is 0.0850 e. The molecule has 0 unspecified atom stereocenters. The van der Waals surface area contributed by atoms with Gasteiger partial charge in [-0.3, -0.25) is 0 Å². The van der Waals surface area contributed by atoms with Crippen molar-refractivity contribution in [1.82, 2.24) is 0 Å². The first-order valence-electron chi connectivity index (χ1n) is 3.41. The molecule has 11 heavy (non-hydrogen) atoms. The van der Waals surface area contributed by atoms with Crippen LogP contribution in [0.3, 0.4) is 0 Å². The van der Waals surface area contributed by atoms with Crippen LogP contribution in [0.4, 0.5) is 0 Å². The first kappa shape index (κ1) is 13.6. The van der Waals surface area contributed by atoms with Crippen LogP contribution < -0.4 is 0 Å². The minimum Gasteiger partial charge on any atom is -0.0850 e. The summed E-state index contributed by atoms with van der Waals surface area (Å²) in [6.45, 7) is 13.1. The Morgan fingerprint density at radius 3 is 1.82 bits per heavy atom. The molecule has 0 aromatic carbocycles. The van der Waals surface area contributed by atoms with Gasteiger partial charge in [0.15, 0.2) is 0 Å². The fourth-order valence-electron chi connectivity index (χ4n) is 0.313. The fourth-order valence-corrected chi connectivity index (χ4v) is 0.591. The summed E-state index contributed by atoms with van der Waals surface area (Å²) in [5.74, 6) is 0. The Morgan fingerprint density at radius 1 is 1.36 bits per heavy atom. The highest BCUT2D eigenvalue weighted by atomic mass is 79.9. The number of allylic oxidation sites excluding steroid dienone is 4. The van der Waals surface area contributed by atoms with Crippen LogP contribution in [0.25, 0.3) is 0 Å². The zero-order chi connectivity index (χ0) is 9.44. The maximum Gasteiger partial charge on any atom is 0.0337 e. The lowest BCUT2D eigenvalue weighted by molar-refractivity contribution is 1.50. The van der Waals surface area contributed by atoms with E-state index in [1.54, 1.807) is 6.08 Å². The molecule has 0 aliphatic heterocycles. The Kier molecular flexibility index (Phi) is 9.98. The number of rotatable bonds is 2. The Hall–Kier alpha value is -0.0100. The fraction of sp³-hybridized carbons (Fsp3) is 0.333. The zero-order valence-electron chi connectivity index (χ0n) is 7.25. The van der Waals surface area contributed by atoms with Crippen molar-refractivity contribution in [3.63, 3.8) is 0 Å². The van der Waals surface area contributed by atoms with Crippen molar-refractivity contribution >= 4 is 27.5 Å². The molecule has 0 aliphatic carbocycles. The molecule has 0 saturated heterocycles. The number of halogens is 2. The third kappa shape index (κ3) is 9.99. The Bertz CT molecular complexity index is 168. The van der Waals surface area contributed by atoms with Crippen molar-refractivity contribution in [2.24, 2.45) is 0 Å². The maximum absolute atomic E-state index is 5.48. The van der Waals surface area contributed by atoms with E-state index < -0.39 is 0 Å². The lowest BCUT2D eigenvalue weighted by atomic mass is 10.3. The van der Waals surface area contributed by atoms with Crippen molar-refractivity contribution in [1.29, 1.82) is 0 Å². The average molecular weight is 238 g/mol. The Balaban J connectivity index is 0. The molecule has 0 N–H and O–H groups in total. The van der Waals surface area contributed by atoms with E-state index in [0.29, 0.717) is 5.03 Å². The van der Waals surface area contributed by atoms with Gasteiger partial charge in [-0.25, -0.2) is 0 Å². The SMILES string of the molecule is C=C(Cl)/C=C(/C)C(=C)Br.CC. The van der Waals surface area contributed by atoms with Crippen LogP contribution in [0.5, 0.6) is 0 Å². The molecule has 0 heterocycles. The number of hydrogen-bond donors (Lipinski definition) is 0. The second-order valence-corrected chi connectivity index (χ2v) is 3.12. The molecule has 64 valence electrons. The summed E-state index contributed by atoms with van der Waals surface area (Å²) >= 11 is 8.69. The van der Waals surface area contributed by atoms with E-state index in [-0.39, 0.29) is 0 Å². The highest BCUT2D eigenvalue weighted by molar-refractivity contribution is 9.11. The third-order valence-electron chi connectivity index (χ3n) is 0.801. The van der Waals surface area contributed by atoms with E-state index in [9.17, 15) is 0 Å². The van der Waals surface area contributed by atoms with E-state index >= 15 is 0 Å². The average Bonchev–Trinajstić information content (AvgIpc) is 1.90. The summed E-state index contributed by atoms with van der Waals surface area (Å²) in [5.41, 5.74) is 0.995. The van der Waals surface area contributed by atoms with Gasteiger partial charge < -0.3 is 0 Å². The highest BCUT2D eigenvalue weighted by Gasteiger charge is 1.89. The summed E-state index contributed by atoms with van der Waals surface area (Å²) < 4.78 is 0.837. The van der Waals surface area contributed by atoms with Gasteiger partial charge in [0.1, 0.15) is 0 Å². The molecule has 0 saturated carbocycles. The molecule has 0 aromatic rings. The molecule has 0 aliphatic rings. The van der Waals surface area contributed by atoms with Gasteiger partial charge >= 0.3 is 0 Å². The van der Waals surface area contributed by atoms with E-state index in [1.165, 1.54) is 0 Å². The topological polar surface area (TPSA) is 0 Å². The molecule has 0 radical (unpaired) electrons. The Labute approximate surface area is 82.8 Å². The van der Waals surface area contributed by atoms with E-state index in [1.807, 2.05) is 20.8 Å². The first-order valence-corrected chi connectivity index (χ1v) is 4.58. The summed E-state index contributed by atoms with van der Waals surface area (Å²) in [5, 5.41) is 0.521. The zero-order valence-corrected chi connectivity index (χ0v) is 9.59.